The summed E-state index contributed by atoms with van der Waals surface area (Å²) >= 11 is 0. The molecule has 0 saturated heterocycles. The summed E-state index contributed by atoms with van der Waals surface area (Å²) in [7, 11) is -2.72. The Bertz CT molecular complexity index is 1080. The molecule has 4 rings (SSSR count). The molecule has 5 heteroatoms. The molecular weight excluding hydrogens is 402 g/mol. The largest absolute Gasteiger partial charge is 0.254 e. The molecule has 0 bridgehead atoms. The zero-order valence-corrected chi connectivity index (χ0v) is 17.2. The van der Waals surface area contributed by atoms with Crippen LogP contribution >= 0.6 is 7.05 Å². The molecular formula is C25H19F3NP. The van der Waals surface area contributed by atoms with Crippen LogP contribution in [-0.4, -0.2) is 0 Å². The van der Waals surface area contributed by atoms with Gasteiger partial charge in [-0.3, -0.25) is 4.74 Å². The molecule has 0 aliphatic heterocycles. The molecule has 0 spiro atoms. The normalized spacial score (nSPS) is 11.3. The monoisotopic (exact) mass is 421 g/mol. The second-order valence-corrected chi connectivity index (χ2v) is 10.0. The van der Waals surface area contributed by atoms with Gasteiger partial charge in [0.2, 0.25) is 0 Å². The van der Waals surface area contributed by atoms with Crippen LogP contribution in [0.15, 0.2) is 102 Å². The highest BCUT2D eigenvalue weighted by Gasteiger charge is 2.28. The topological polar surface area (TPSA) is 12.4 Å². The van der Waals surface area contributed by atoms with E-state index in [1.165, 1.54) is 36.4 Å². The van der Waals surface area contributed by atoms with Crippen molar-refractivity contribution in [1.29, 1.82) is 0 Å². The van der Waals surface area contributed by atoms with Crippen LogP contribution in [0.3, 0.4) is 0 Å². The molecule has 0 radical (unpaired) electrons. The van der Waals surface area contributed by atoms with E-state index in [0.29, 0.717) is 0 Å². The van der Waals surface area contributed by atoms with Gasteiger partial charge in [0.05, 0.1) is 12.7 Å². The number of hydrogen-bond acceptors (Lipinski definition) is 1. The minimum atomic E-state index is -2.72. The summed E-state index contributed by atoms with van der Waals surface area (Å²) in [5.41, 5.74) is 1.84. The number of hydrogen-bond donors (Lipinski definition) is 0. The second kappa shape index (κ2) is 8.33. The Morgan fingerprint density at radius 1 is 0.500 bits per heavy atom. The van der Waals surface area contributed by atoms with Gasteiger partial charge in [0.25, 0.3) is 0 Å². The quantitative estimate of drug-likeness (QED) is 0.347. The lowest BCUT2D eigenvalue weighted by atomic mass is 10.2. The zero-order chi connectivity index (χ0) is 21.1. The van der Waals surface area contributed by atoms with Gasteiger partial charge in [0, 0.05) is 15.9 Å². The average molecular weight is 421 g/mol. The molecule has 30 heavy (non-hydrogen) atoms. The van der Waals surface area contributed by atoms with Crippen LogP contribution in [0, 0.1) is 24.4 Å². The smallest absolute Gasteiger partial charge is 0.123 e. The van der Waals surface area contributed by atoms with Crippen molar-refractivity contribution >= 4 is 28.7 Å². The maximum atomic E-state index is 13.7. The first-order valence-corrected chi connectivity index (χ1v) is 11.2. The Balaban J connectivity index is 2.11. The van der Waals surface area contributed by atoms with Crippen LogP contribution in [0.25, 0.3) is 0 Å². The molecule has 4 aromatic carbocycles. The van der Waals surface area contributed by atoms with Crippen molar-refractivity contribution in [2.75, 3.05) is 0 Å². The molecule has 0 fully saturated rings. The van der Waals surface area contributed by atoms with Gasteiger partial charge in [0.15, 0.2) is 0 Å². The molecule has 0 unspecified atom stereocenters. The molecule has 150 valence electrons. The molecule has 1 nitrogen and oxygen atoms in total. The van der Waals surface area contributed by atoms with Gasteiger partial charge in [-0.05, 0) is 91.9 Å². The summed E-state index contributed by atoms with van der Waals surface area (Å²) in [4.78, 5) is 0. The van der Waals surface area contributed by atoms with Crippen molar-refractivity contribution in [1.82, 2.24) is 0 Å². The van der Waals surface area contributed by atoms with Crippen LogP contribution in [0.4, 0.5) is 18.9 Å². The van der Waals surface area contributed by atoms with Crippen LogP contribution in [0.2, 0.25) is 0 Å². The van der Waals surface area contributed by atoms with Crippen molar-refractivity contribution in [2.24, 2.45) is 4.74 Å². The number of aryl methyl sites for hydroxylation is 1. The third-order valence-corrected chi connectivity index (χ3v) is 8.57. The molecule has 0 aliphatic carbocycles. The lowest BCUT2D eigenvalue weighted by Gasteiger charge is -2.27. The molecule has 0 heterocycles. The first kappa shape index (κ1) is 20.2. The molecule has 4 aromatic rings. The molecule has 0 aromatic heterocycles. The fraction of sp³-hybridized carbons (Fsp3) is 0.0400. The minimum Gasteiger partial charge on any atom is -0.254 e. The van der Waals surface area contributed by atoms with E-state index in [9.17, 15) is 13.2 Å². The summed E-state index contributed by atoms with van der Waals surface area (Å²) in [6.45, 7) is 1.99. The Morgan fingerprint density at radius 2 is 0.833 bits per heavy atom. The highest BCUT2D eigenvalue weighted by molar-refractivity contribution is 7.87. The highest BCUT2D eigenvalue weighted by atomic mass is 31.2. The molecule has 0 aliphatic rings. The summed E-state index contributed by atoms with van der Waals surface area (Å²) in [6, 6.07) is 26.3. The fourth-order valence-electron chi connectivity index (χ4n) is 3.38. The van der Waals surface area contributed by atoms with E-state index in [1.54, 1.807) is 36.4 Å². The number of nitrogens with zero attached hydrogens (tertiary/aromatic N) is 1. The fourth-order valence-corrected chi connectivity index (χ4v) is 6.84. The number of benzene rings is 4. The van der Waals surface area contributed by atoms with Crippen molar-refractivity contribution in [3.63, 3.8) is 0 Å². The number of halogens is 3. The van der Waals surface area contributed by atoms with E-state index in [0.717, 1.165) is 27.2 Å². The Kier molecular flexibility index (Phi) is 5.61. The summed E-state index contributed by atoms with van der Waals surface area (Å²) in [6.07, 6.45) is 0. The molecule has 0 saturated carbocycles. The van der Waals surface area contributed by atoms with Gasteiger partial charge < -0.3 is 0 Å². The lowest BCUT2D eigenvalue weighted by molar-refractivity contribution is 0.628. The summed E-state index contributed by atoms with van der Waals surface area (Å²) in [5.74, 6) is -1.07. The highest BCUT2D eigenvalue weighted by Crippen LogP contribution is 2.49. The third-order valence-electron chi connectivity index (χ3n) is 4.90. The lowest BCUT2D eigenvalue weighted by Crippen LogP contribution is -2.25. The maximum Gasteiger partial charge on any atom is 0.123 e. The standard InChI is InChI=1S/C25H19F3NP/c1-18-2-10-22(11-3-18)29-30(23-12-4-19(26)5-13-23,24-14-6-20(27)7-15-24)25-16-8-21(28)9-17-25/h2-17H,1H3. The van der Waals surface area contributed by atoms with E-state index < -0.39 is 7.05 Å². The van der Waals surface area contributed by atoms with Gasteiger partial charge in [-0.25, -0.2) is 13.2 Å². The SMILES string of the molecule is Cc1ccc(N=P(c2ccc(F)cc2)(c2ccc(F)cc2)c2ccc(F)cc2)cc1. The summed E-state index contributed by atoms with van der Waals surface area (Å²) in [5, 5.41) is 2.38. The van der Waals surface area contributed by atoms with E-state index in [-0.39, 0.29) is 17.5 Å². The van der Waals surface area contributed by atoms with Crippen molar-refractivity contribution in [2.45, 2.75) is 6.92 Å². The Morgan fingerprint density at radius 3 is 1.17 bits per heavy atom. The van der Waals surface area contributed by atoms with Crippen LogP contribution < -0.4 is 15.9 Å². The van der Waals surface area contributed by atoms with Gasteiger partial charge in [0.1, 0.15) is 17.5 Å². The maximum absolute atomic E-state index is 13.7. The molecule has 0 atom stereocenters. The number of rotatable bonds is 4. The van der Waals surface area contributed by atoms with Crippen molar-refractivity contribution in [3.8, 4) is 0 Å². The molecule has 0 N–H and O–H groups in total. The van der Waals surface area contributed by atoms with E-state index in [4.69, 9.17) is 4.74 Å². The van der Waals surface area contributed by atoms with Gasteiger partial charge in [-0.2, -0.15) is 0 Å². The average Bonchev–Trinajstić information content (AvgIpc) is 2.75. The molecule has 0 amide bonds. The second-order valence-electron chi connectivity index (χ2n) is 7.00. The van der Waals surface area contributed by atoms with E-state index in [1.807, 2.05) is 31.2 Å². The first-order valence-electron chi connectivity index (χ1n) is 9.45. The Labute approximate surface area is 173 Å². The van der Waals surface area contributed by atoms with Crippen LogP contribution in [0.1, 0.15) is 5.56 Å². The third kappa shape index (κ3) is 3.96. The van der Waals surface area contributed by atoms with Crippen molar-refractivity contribution in [3.05, 3.63) is 120 Å². The van der Waals surface area contributed by atoms with Gasteiger partial charge >= 0.3 is 0 Å². The predicted octanol–water partition coefficient (Wildman–Crippen LogP) is 6.22. The van der Waals surface area contributed by atoms with Crippen LogP contribution in [-0.2, 0) is 0 Å². The van der Waals surface area contributed by atoms with E-state index in [2.05, 4.69) is 0 Å². The first-order chi connectivity index (χ1) is 14.5. The van der Waals surface area contributed by atoms with Gasteiger partial charge in [-0.1, -0.05) is 17.7 Å². The van der Waals surface area contributed by atoms with E-state index >= 15 is 0 Å². The zero-order valence-electron chi connectivity index (χ0n) is 16.3. The minimum absolute atomic E-state index is 0.356. The van der Waals surface area contributed by atoms with Crippen LogP contribution in [0.5, 0.6) is 0 Å². The predicted molar refractivity (Wildman–Crippen MR) is 118 cm³/mol. The Hall–Kier alpha value is -3.10. The van der Waals surface area contributed by atoms with Crippen molar-refractivity contribution < 1.29 is 13.2 Å². The van der Waals surface area contributed by atoms with Gasteiger partial charge in [-0.15, -0.1) is 0 Å². The summed E-state index contributed by atoms with van der Waals surface area (Å²) < 4.78 is 46.4.